The Morgan fingerprint density at radius 3 is 1.40 bits per heavy atom. The molecule has 0 aromatic carbocycles. The predicted octanol–water partition coefficient (Wildman–Crippen LogP) is -0.170. The zero-order chi connectivity index (χ0) is 11.4. The summed E-state index contributed by atoms with van der Waals surface area (Å²) in [6, 6.07) is 0. The van der Waals surface area contributed by atoms with E-state index in [1.807, 2.05) is 33.1 Å². The highest BCUT2D eigenvalue weighted by Gasteiger charge is 2.25. The fourth-order valence-electron chi connectivity index (χ4n) is 1.51. The van der Waals surface area contributed by atoms with Gasteiger partial charge in [-0.1, -0.05) is 0 Å². The van der Waals surface area contributed by atoms with Gasteiger partial charge in [-0.05, 0) is 33.1 Å². The van der Waals surface area contributed by atoms with Crippen molar-refractivity contribution >= 4 is 37.1 Å². The van der Waals surface area contributed by atoms with Crippen molar-refractivity contribution in [2.75, 3.05) is 0 Å². The second-order valence-corrected chi connectivity index (χ2v) is 11.9. The average Bonchev–Trinajstić information content (AvgIpc) is 1.98. The molecule has 0 amide bonds. The van der Waals surface area contributed by atoms with E-state index in [4.69, 9.17) is 21.2 Å². The van der Waals surface area contributed by atoms with Crippen molar-refractivity contribution in [3.63, 3.8) is 0 Å². The van der Waals surface area contributed by atoms with E-state index in [1.54, 1.807) is 0 Å². The first-order valence-corrected chi connectivity index (χ1v) is 13.6. The van der Waals surface area contributed by atoms with Crippen molar-refractivity contribution < 1.29 is 21.2 Å². The van der Waals surface area contributed by atoms with Gasteiger partial charge in [0.15, 0.2) is 0 Å². The molecule has 0 aromatic heterocycles. The third kappa shape index (κ3) is 5.51. The molecule has 1 rings (SSSR count). The van der Waals surface area contributed by atoms with Gasteiger partial charge < -0.3 is 21.2 Å². The van der Waals surface area contributed by atoms with Crippen LogP contribution in [0, 0.1) is 0 Å². The molecule has 0 saturated carbocycles. The Labute approximate surface area is 98.0 Å². The zero-order valence-corrected chi connectivity index (χ0v) is 14.5. The van der Waals surface area contributed by atoms with Gasteiger partial charge in [0.2, 0.25) is 0 Å². The molecule has 15 heavy (non-hydrogen) atoms. The van der Waals surface area contributed by atoms with Crippen molar-refractivity contribution in [3.8, 4) is 0 Å². The molecular weight excluding hydrogens is 264 g/mol. The van der Waals surface area contributed by atoms with Gasteiger partial charge in [0, 0.05) is 0 Å². The highest BCUT2D eigenvalue weighted by atomic mass is 28.4. The number of rotatable bonds is 0. The van der Waals surface area contributed by atoms with Crippen molar-refractivity contribution in [1.29, 1.82) is 0 Å². The van der Waals surface area contributed by atoms with Gasteiger partial charge in [-0.2, -0.15) is 0 Å². The topological polar surface area (TPSA) is 46.2 Å². The molecule has 1 aliphatic heterocycles. The molecule has 1 fully saturated rings. The van der Waals surface area contributed by atoms with Crippen LogP contribution in [-0.4, -0.2) is 43.4 Å². The van der Waals surface area contributed by atoms with E-state index in [0.717, 1.165) is 0 Å². The van der Waals surface area contributed by atoms with E-state index in [1.165, 1.54) is 0 Å². The van der Waals surface area contributed by atoms with Gasteiger partial charge in [-0.25, -0.2) is 0 Å². The lowest BCUT2D eigenvalue weighted by Crippen LogP contribution is -2.43. The van der Waals surface area contributed by atoms with Crippen LogP contribution in [0.4, 0.5) is 0 Å². The minimum Gasteiger partial charge on any atom is -0.420 e. The smallest absolute Gasteiger partial charge is 0.311 e. The molecule has 90 valence electrons. The molecule has 4 unspecified atom stereocenters. The van der Waals surface area contributed by atoms with Gasteiger partial charge in [0.1, 0.15) is 6.29 Å². The monoisotopic (exact) mass is 284 g/mol. The lowest BCUT2D eigenvalue weighted by molar-refractivity contribution is -0.00736. The third-order valence-electron chi connectivity index (χ3n) is 1.92. The average molecular weight is 285 g/mol. The molecule has 0 radical (unpaired) electrons. The van der Waals surface area contributed by atoms with Crippen LogP contribution in [-0.2, 0) is 21.2 Å². The summed E-state index contributed by atoms with van der Waals surface area (Å²) in [5.41, 5.74) is 0. The van der Waals surface area contributed by atoms with Crippen LogP contribution in [0.15, 0.2) is 0 Å². The normalized spacial score (nSPS) is 45.0. The SMILES string of the molecule is CC1O[SiH](C)O[SiH](C)O[SiH](C)O[SiH](C)O1. The van der Waals surface area contributed by atoms with Crippen molar-refractivity contribution in [3.05, 3.63) is 0 Å². The minimum absolute atomic E-state index is 0.200. The summed E-state index contributed by atoms with van der Waals surface area (Å²) in [6.45, 7) is 9.97. The molecule has 0 spiro atoms. The standard InChI is InChI=1S/C6H20O5Si4/c1-6-7-12(2)9-14(4)11-15(5)10-13(3)8-6/h6,12-15H,1-5H3. The Morgan fingerprint density at radius 2 is 1.00 bits per heavy atom. The summed E-state index contributed by atoms with van der Waals surface area (Å²) >= 11 is 0. The van der Waals surface area contributed by atoms with Gasteiger partial charge in [0.25, 0.3) is 18.6 Å². The summed E-state index contributed by atoms with van der Waals surface area (Å²) in [5, 5.41) is 0. The molecule has 0 bridgehead atoms. The van der Waals surface area contributed by atoms with Crippen LogP contribution in [0.2, 0.25) is 26.2 Å². The number of hydrogen-bond donors (Lipinski definition) is 0. The first-order valence-electron chi connectivity index (χ1n) is 5.24. The van der Waals surface area contributed by atoms with Crippen LogP contribution >= 0.6 is 0 Å². The Bertz CT molecular complexity index is 140. The highest BCUT2D eigenvalue weighted by molar-refractivity contribution is 6.67. The van der Waals surface area contributed by atoms with Crippen molar-refractivity contribution in [2.24, 2.45) is 0 Å². The van der Waals surface area contributed by atoms with Crippen LogP contribution in [0.3, 0.4) is 0 Å². The Morgan fingerprint density at radius 1 is 0.667 bits per heavy atom. The van der Waals surface area contributed by atoms with Gasteiger partial charge in [-0.3, -0.25) is 0 Å². The van der Waals surface area contributed by atoms with Crippen LogP contribution < -0.4 is 0 Å². The Hall–Kier alpha value is 0.668. The molecule has 1 aliphatic rings. The van der Waals surface area contributed by atoms with Gasteiger partial charge >= 0.3 is 18.6 Å². The van der Waals surface area contributed by atoms with E-state index >= 15 is 0 Å². The van der Waals surface area contributed by atoms with E-state index in [9.17, 15) is 0 Å². The molecule has 1 heterocycles. The van der Waals surface area contributed by atoms with Crippen LogP contribution in [0.5, 0.6) is 0 Å². The molecule has 9 heteroatoms. The van der Waals surface area contributed by atoms with E-state index in [0.29, 0.717) is 0 Å². The van der Waals surface area contributed by atoms with Crippen LogP contribution in [0.1, 0.15) is 6.92 Å². The zero-order valence-electron chi connectivity index (χ0n) is 9.93. The largest absolute Gasteiger partial charge is 0.420 e. The highest BCUT2D eigenvalue weighted by Crippen LogP contribution is 2.08. The van der Waals surface area contributed by atoms with E-state index in [2.05, 4.69) is 0 Å². The molecule has 0 N–H and O–H groups in total. The van der Waals surface area contributed by atoms with Crippen LogP contribution in [0.25, 0.3) is 0 Å². The van der Waals surface area contributed by atoms with Crippen molar-refractivity contribution in [1.82, 2.24) is 0 Å². The molecule has 5 nitrogen and oxygen atoms in total. The Kier molecular flexibility index (Phi) is 5.87. The fraction of sp³-hybridized carbons (Fsp3) is 1.00. The maximum Gasteiger partial charge on any atom is 0.311 e. The van der Waals surface area contributed by atoms with Gasteiger partial charge in [-0.15, -0.1) is 0 Å². The lowest BCUT2D eigenvalue weighted by atomic mass is 10.8. The predicted molar refractivity (Wildman–Crippen MR) is 66.9 cm³/mol. The van der Waals surface area contributed by atoms with Crippen molar-refractivity contribution in [2.45, 2.75) is 39.4 Å². The first kappa shape index (κ1) is 13.7. The maximum absolute atomic E-state index is 5.75. The lowest BCUT2D eigenvalue weighted by Gasteiger charge is -2.29. The maximum atomic E-state index is 5.75. The van der Waals surface area contributed by atoms with E-state index in [-0.39, 0.29) is 6.29 Å². The molecule has 4 atom stereocenters. The second kappa shape index (κ2) is 6.41. The minimum atomic E-state index is -1.59. The summed E-state index contributed by atoms with van der Waals surface area (Å²) in [4.78, 5) is 0. The molecule has 0 aliphatic carbocycles. The molecular formula is C6H20O5Si4. The first-order chi connectivity index (χ1) is 6.97. The second-order valence-electron chi connectivity index (χ2n) is 3.52. The molecule has 0 aromatic rings. The fourth-order valence-corrected chi connectivity index (χ4v) is 11.5. The Balaban J connectivity index is 2.55. The van der Waals surface area contributed by atoms with E-state index < -0.39 is 37.1 Å². The summed E-state index contributed by atoms with van der Waals surface area (Å²) < 4.78 is 28.4. The quantitative estimate of drug-likeness (QED) is 0.578. The summed E-state index contributed by atoms with van der Waals surface area (Å²) in [7, 11) is -6.27. The summed E-state index contributed by atoms with van der Waals surface area (Å²) in [5.74, 6) is 0. The molecule has 1 saturated heterocycles. The number of hydrogen-bond acceptors (Lipinski definition) is 5. The van der Waals surface area contributed by atoms with Gasteiger partial charge in [0.05, 0.1) is 0 Å². The summed E-state index contributed by atoms with van der Waals surface area (Å²) in [6.07, 6.45) is -0.200. The third-order valence-corrected chi connectivity index (χ3v) is 12.6.